The predicted octanol–water partition coefficient (Wildman–Crippen LogP) is 3.48. The van der Waals surface area contributed by atoms with E-state index in [4.69, 9.17) is 19.2 Å². The molecule has 1 amide bonds. The summed E-state index contributed by atoms with van der Waals surface area (Å²) in [6.07, 6.45) is 1.61. The molecule has 1 aliphatic heterocycles. The molecular formula is C24H28N4O5. The Labute approximate surface area is 192 Å². The van der Waals surface area contributed by atoms with Crippen LogP contribution in [-0.4, -0.2) is 64.5 Å². The van der Waals surface area contributed by atoms with E-state index in [9.17, 15) is 9.59 Å². The van der Waals surface area contributed by atoms with E-state index >= 15 is 0 Å². The Morgan fingerprint density at radius 3 is 2.55 bits per heavy atom. The number of esters is 1. The van der Waals surface area contributed by atoms with Gasteiger partial charge in [0, 0.05) is 24.7 Å². The molecule has 0 atom stereocenters. The minimum Gasteiger partial charge on any atom is -0.486 e. The van der Waals surface area contributed by atoms with E-state index in [0.29, 0.717) is 60.1 Å². The SMILES string of the molecule is CCN(CC)C(=O)COC(=O)c1cc(-c2ccc3c(c2)OCCO3)nc2c1cnn2C(C)C. The molecule has 0 N–H and O–H groups in total. The number of benzene rings is 1. The van der Waals surface area contributed by atoms with Gasteiger partial charge in [-0.15, -0.1) is 0 Å². The molecule has 9 heteroatoms. The summed E-state index contributed by atoms with van der Waals surface area (Å²) in [5.74, 6) is 0.480. The number of aromatic nitrogens is 3. The summed E-state index contributed by atoms with van der Waals surface area (Å²) < 4.78 is 18.5. The van der Waals surface area contributed by atoms with Gasteiger partial charge >= 0.3 is 5.97 Å². The van der Waals surface area contributed by atoms with Gasteiger partial charge in [-0.3, -0.25) is 4.79 Å². The van der Waals surface area contributed by atoms with Crippen LogP contribution in [0.1, 0.15) is 44.1 Å². The van der Waals surface area contributed by atoms with Crippen molar-refractivity contribution in [3.63, 3.8) is 0 Å². The molecule has 3 heterocycles. The largest absolute Gasteiger partial charge is 0.486 e. The molecule has 9 nitrogen and oxygen atoms in total. The number of hydrogen-bond acceptors (Lipinski definition) is 7. The smallest absolute Gasteiger partial charge is 0.339 e. The molecule has 0 saturated carbocycles. The standard InChI is InChI=1S/C24H28N4O5/c1-5-27(6-2)22(29)14-33-24(30)17-12-19(26-23-18(17)13-25-28(23)15(3)4)16-7-8-20-21(11-16)32-10-9-31-20/h7-8,11-13,15H,5-6,9-10,14H2,1-4H3. The summed E-state index contributed by atoms with van der Waals surface area (Å²) in [5, 5.41) is 4.99. The van der Waals surface area contributed by atoms with E-state index in [-0.39, 0.29) is 18.6 Å². The van der Waals surface area contributed by atoms with Crippen LogP contribution in [0.15, 0.2) is 30.5 Å². The first-order chi connectivity index (χ1) is 15.9. The minimum absolute atomic E-state index is 0.0404. The van der Waals surface area contributed by atoms with E-state index in [1.807, 2.05) is 45.9 Å². The highest BCUT2D eigenvalue weighted by molar-refractivity contribution is 6.04. The molecule has 0 fully saturated rings. The first kappa shape index (κ1) is 22.6. The van der Waals surface area contributed by atoms with Gasteiger partial charge in [0.15, 0.2) is 23.8 Å². The van der Waals surface area contributed by atoms with Crippen molar-refractivity contribution in [1.29, 1.82) is 0 Å². The van der Waals surface area contributed by atoms with Crippen LogP contribution in [0.4, 0.5) is 0 Å². The van der Waals surface area contributed by atoms with Gasteiger partial charge in [0.05, 0.1) is 22.8 Å². The van der Waals surface area contributed by atoms with E-state index in [0.717, 1.165) is 5.56 Å². The van der Waals surface area contributed by atoms with Crippen LogP contribution in [0.3, 0.4) is 0 Å². The third-order valence-corrected chi connectivity index (χ3v) is 5.56. The Morgan fingerprint density at radius 1 is 1.12 bits per heavy atom. The molecule has 0 unspecified atom stereocenters. The second kappa shape index (κ2) is 9.48. The molecule has 1 aliphatic rings. The fraction of sp³-hybridized carbons (Fsp3) is 0.417. The zero-order valence-electron chi connectivity index (χ0n) is 19.3. The summed E-state index contributed by atoms with van der Waals surface area (Å²) in [4.78, 5) is 31.8. The third-order valence-electron chi connectivity index (χ3n) is 5.56. The number of nitrogens with zero attached hydrogens (tertiary/aromatic N) is 4. The predicted molar refractivity (Wildman–Crippen MR) is 123 cm³/mol. The summed E-state index contributed by atoms with van der Waals surface area (Å²) in [6, 6.07) is 7.26. The molecule has 0 aliphatic carbocycles. The average Bonchev–Trinajstić information content (AvgIpc) is 3.26. The molecular weight excluding hydrogens is 424 g/mol. The first-order valence-electron chi connectivity index (χ1n) is 11.2. The first-order valence-corrected chi connectivity index (χ1v) is 11.2. The Kier molecular flexibility index (Phi) is 6.48. The van der Waals surface area contributed by atoms with Gasteiger partial charge in [0.25, 0.3) is 5.91 Å². The number of likely N-dealkylation sites (N-methyl/N-ethyl adjacent to an activating group) is 1. The van der Waals surface area contributed by atoms with E-state index in [1.54, 1.807) is 21.8 Å². The van der Waals surface area contributed by atoms with E-state index in [1.165, 1.54) is 0 Å². The van der Waals surface area contributed by atoms with Crippen LogP contribution >= 0.6 is 0 Å². The van der Waals surface area contributed by atoms with Crippen molar-refractivity contribution in [2.45, 2.75) is 33.7 Å². The van der Waals surface area contributed by atoms with Crippen LogP contribution in [-0.2, 0) is 9.53 Å². The summed E-state index contributed by atoms with van der Waals surface area (Å²) in [7, 11) is 0. The molecule has 0 saturated heterocycles. The van der Waals surface area contributed by atoms with Crippen molar-refractivity contribution in [2.75, 3.05) is 32.9 Å². The molecule has 0 radical (unpaired) electrons. The maximum absolute atomic E-state index is 13.1. The van der Waals surface area contributed by atoms with Gasteiger partial charge in [-0.25, -0.2) is 14.5 Å². The Bertz CT molecular complexity index is 1180. The minimum atomic E-state index is -0.593. The van der Waals surface area contributed by atoms with Crippen LogP contribution in [0.25, 0.3) is 22.3 Å². The van der Waals surface area contributed by atoms with Crippen molar-refractivity contribution in [1.82, 2.24) is 19.7 Å². The van der Waals surface area contributed by atoms with Crippen LogP contribution < -0.4 is 9.47 Å². The van der Waals surface area contributed by atoms with Crippen LogP contribution in [0, 0.1) is 0 Å². The molecule has 2 aromatic heterocycles. The van der Waals surface area contributed by atoms with E-state index < -0.39 is 5.97 Å². The highest BCUT2D eigenvalue weighted by atomic mass is 16.6. The topological polar surface area (TPSA) is 95.8 Å². The Hall–Kier alpha value is -3.62. The van der Waals surface area contributed by atoms with Gasteiger partial charge in [-0.1, -0.05) is 0 Å². The lowest BCUT2D eigenvalue weighted by Gasteiger charge is -2.19. The highest BCUT2D eigenvalue weighted by Crippen LogP contribution is 2.35. The third kappa shape index (κ3) is 4.48. The van der Waals surface area contributed by atoms with Crippen LogP contribution in [0.5, 0.6) is 11.5 Å². The average molecular weight is 453 g/mol. The molecule has 174 valence electrons. The fourth-order valence-electron chi connectivity index (χ4n) is 3.79. The number of pyridine rings is 1. The summed E-state index contributed by atoms with van der Waals surface area (Å²) in [5.41, 5.74) is 2.22. The Balaban J connectivity index is 1.73. The van der Waals surface area contributed by atoms with Gasteiger partial charge in [0.2, 0.25) is 0 Å². The van der Waals surface area contributed by atoms with E-state index in [2.05, 4.69) is 5.10 Å². The Morgan fingerprint density at radius 2 is 1.85 bits per heavy atom. The molecule has 0 bridgehead atoms. The molecule has 1 aromatic carbocycles. The lowest BCUT2D eigenvalue weighted by Crippen LogP contribution is -2.34. The number of fused-ring (bicyclic) bond motifs is 2. The summed E-state index contributed by atoms with van der Waals surface area (Å²) in [6.45, 7) is 9.53. The summed E-state index contributed by atoms with van der Waals surface area (Å²) >= 11 is 0. The van der Waals surface area contributed by atoms with Crippen molar-refractivity contribution in [2.24, 2.45) is 0 Å². The normalized spacial score (nSPS) is 12.8. The van der Waals surface area contributed by atoms with Crippen molar-refractivity contribution in [3.8, 4) is 22.8 Å². The van der Waals surface area contributed by atoms with Crippen molar-refractivity contribution in [3.05, 3.63) is 36.0 Å². The second-order valence-corrected chi connectivity index (χ2v) is 7.98. The number of amides is 1. The number of rotatable bonds is 7. The van der Waals surface area contributed by atoms with Gasteiger partial charge in [-0.05, 0) is 52.0 Å². The zero-order valence-corrected chi connectivity index (χ0v) is 19.3. The maximum Gasteiger partial charge on any atom is 0.339 e. The lowest BCUT2D eigenvalue weighted by molar-refractivity contribution is -0.134. The van der Waals surface area contributed by atoms with Gasteiger partial charge < -0.3 is 19.1 Å². The van der Waals surface area contributed by atoms with Gasteiger partial charge in [0.1, 0.15) is 13.2 Å². The quantitative estimate of drug-likeness (QED) is 0.507. The molecule has 0 spiro atoms. The van der Waals surface area contributed by atoms with Crippen LogP contribution in [0.2, 0.25) is 0 Å². The number of ether oxygens (including phenoxy) is 3. The molecule has 3 aromatic rings. The number of carbonyl (C=O) groups is 2. The lowest BCUT2D eigenvalue weighted by atomic mass is 10.1. The second-order valence-electron chi connectivity index (χ2n) is 7.98. The number of hydrogen-bond donors (Lipinski definition) is 0. The fourth-order valence-corrected chi connectivity index (χ4v) is 3.79. The highest BCUT2D eigenvalue weighted by Gasteiger charge is 2.22. The van der Waals surface area contributed by atoms with Crippen molar-refractivity contribution >= 4 is 22.9 Å². The zero-order chi connectivity index (χ0) is 23.5. The number of carbonyl (C=O) groups excluding carboxylic acids is 2. The monoisotopic (exact) mass is 452 g/mol. The molecule has 4 rings (SSSR count). The van der Waals surface area contributed by atoms with Crippen molar-refractivity contribution < 1.29 is 23.8 Å². The molecule has 33 heavy (non-hydrogen) atoms. The maximum atomic E-state index is 13.1. The van der Waals surface area contributed by atoms with Gasteiger partial charge in [-0.2, -0.15) is 5.10 Å².